The molecule has 1 unspecified atom stereocenters. The summed E-state index contributed by atoms with van der Waals surface area (Å²) >= 11 is 25.2. The van der Waals surface area contributed by atoms with Crippen molar-refractivity contribution >= 4 is 58.5 Å². The van der Waals surface area contributed by atoms with Gasteiger partial charge in [0.25, 0.3) is 0 Å². The molecule has 0 aromatic heterocycles. The van der Waals surface area contributed by atoms with Gasteiger partial charge in [-0.05, 0) is 44.4 Å². The Morgan fingerprint density at radius 1 is 0.809 bits per heavy atom. The number of ether oxygens (including phenoxy) is 3. The number of halogens is 4. The number of carbonyl (C=O) groups excluding carboxylic acids is 2. The van der Waals surface area contributed by atoms with Crippen LogP contribution in [0.3, 0.4) is 0 Å². The fraction of sp³-hybridized carbons (Fsp3) is 0.444. The predicted molar refractivity (Wildman–Crippen MR) is 188 cm³/mol. The van der Waals surface area contributed by atoms with Crippen LogP contribution in [0.5, 0.6) is 0 Å². The first kappa shape index (κ1) is 37.3. The standard InChI is InChI=1S/C36H44Cl4N2O5/c1-27-11-13-28(14-12-27)23-41(2,25-30-8-6-9-32(38)35(30)40)20-21-45-36(44)47-26-46-34(43)10-7-19-42(17-4-3-5-18-42)24-29-15-16-31(37)33(39)22-29/h6,8-9,11-16,22H,3-5,7,10,17-21,23-26H2,1-2H3/q+2. The third-order valence-electron chi connectivity index (χ3n) is 8.80. The minimum atomic E-state index is -0.889. The molecule has 1 atom stereocenters. The number of nitrogens with zero attached hydrogens (tertiary/aromatic N) is 2. The highest BCUT2D eigenvalue weighted by Gasteiger charge is 2.30. The van der Waals surface area contributed by atoms with E-state index >= 15 is 0 Å². The van der Waals surface area contributed by atoms with Crippen molar-refractivity contribution in [2.45, 2.75) is 58.7 Å². The van der Waals surface area contributed by atoms with Gasteiger partial charge in [0, 0.05) is 23.1 Å². The van der Waals surface area contributed by atoms with Gasteiger partial charge in [0.2, 0.25) is 6.79 Å². The lowest BCUT2D eigenvalue weighted by atomic mass is 10.0. The molecular weight excluding hydrogens is 682 g/mol. The lowest BCUT2D eigenvalue weighted by molar-refractivity contribution is -0.945. The molecule has 0 radical (unpaired) electrons. The van der Waals surface area contributed by atoms with Gasteiger partial charge < -0.3 is 23.2 Å². The maximum absolute atomic E-state index is 12.5. The first-order valence-corrected chi connectivity index (χ1v) is 17.5. The Hall–Kier alpha value is -2.52. The van der Waals surface area contributed by atoms with Gasteiger partial charge in [-0.2, -0.15) is 0 Å². The molecule has 1 heterocycles. The van der Waals surface area contributed by atoms with E-state index in [2.05, 4.69) is 31.3 Å². The average Bonchev–Trinajstić information content (AvgIpc) is 3.03. The van der Waals surface area contributed by atoms with Crippen molar-refractivity contribution in [3.63, 3.8) is 0 Å². The van der Waals surface area contributed by atoms with Crippen LogP contribution in [0.25, 0.3) is 0 Å². The Morgan fingerprint density at radius 3 is 2.26 bits per heavy atom. The van der Waals surface area contributed by atoms with Crippen LogP contribution in [0.2, 0.25) is 20.1 Å². The van der Waals surface area contributed by atoms with Gasteiger partial charge in [0.15, 0.2) is 0 Å². The van der Waals surface area contributed by atoms with E-state index in [-0.39, 0.29) is 13.0 Å². The summed E-state index contributed by atoms with van der Waals surface area (Å²) in [5.41, 5.74) is 4.37. The fourth-order valence-electron chi connectivity index (χ4n) is 6.26. The van der Waals surface area contributed by atoms with E-state index in [0.717, 1.165) is 60.2 Å². The number of carbonyl (C=O) groups is 2. The largest absolute Gasteiger partial charge is 0.511 e. The summed E-state index contributed by atoms with van der Waals surface area (Å²) in [6.45, 7) is 7.22. The van der Waals surface area contributed by atoms with Gasteiger partial charge in [-0.3, -0.25) is 4.79 Å². The minimum Gasteiger partial charge on any atom is -0.428 e. The summed E-state index contributed by atoms with van der Waals surface area (Å²) in [5.74, 6) is -0.414. The van der Waals surface area contributed by atoms with Gasteiger partial charge in [0.05, 0.1) is 53.2 Å². The zero-order valence-electron chi connectivity index (χ0n) is 27.1. The Balaban J connectivity index is 1.21. The number of rotatable bonds is 15. The Kier molecular flexibility index (Phi) is 14.1. The molecule has 0 aliphatic carbocycles. The van der Waals surface area contributed by atoms with Gasteiger partial charge in [-0.15, -0.1) is 0 Å². The van der Waals surface area contributed by atoms with Crippen LogP contribution in [0.1, 0.15) is 54.4 Å². The van der Waals surface area contributed by atoms with E-state index in [1.54, 1.807) is 6.07 Å². The van der Waals surface area contributed by atoms with Crippen LogP contribution in [0, 0.1) is 6.92 Å². The van der Waals surface area contributed by atoms with E-state index in [1.807, 2.05) is 37.3 Å². The molecule has 0 N–H and O–H groups in total. The van der Waals surface area contributed by atoms with Crippen molar-refractivity contribution in [2.24, 2.45) is 0 Å². The third kappa shape index (κ3) is 11.8. The normalized spacial score (nSPS) is 15.4. The van der Waals surface area contributed by atoms with Gasteiger partial charge in [0.1, 0.15) is 32.8 Å². The highest BCUT2D eigenvalue weighted by atomic mass is 35.5. The molecule has 0 bridgehead atoms. The Labute approximate surface area is 298 Å². The summed E-state index contributed by atoms with van der Waals surface area (Å²) in [5, 5.41) is 2.11. The second kappa shape index (κ2) is 17.8. The van der Waals surface area contributed by atoms with Crippen LogP contribution in [-0.2, 0) is 38.6 Å². The highest BCUT2D eigenvalue weighted by Crippen LogP contribution is 2.30. The zero-order chi connectivity index (χ0) is 33.9. The molecule has 47 heavy (non-hydrogen) atoms. The third-order valence-corrected chi connectivity index (χ3v) is 10.4. The maximum atomic E-state index is 12.5. The maximum Gasteiger partial charge on any atom is 0.511 e. The highest BCUT2D eigenvalue weighted by molar-refractivity contribution is 6.42. The summed E-state index contributed by atoms with van der Waals surface area (Å²) < 4.78 is 17.0. The molecule has 4 rings (SSSR count). The summed E-state index contributed by atoms with van der Waals surface area (Å²) in [7, 11) is 2.08. The van der Waals surface area contributed by atoms with Crippen LogP contribution in [-0.4, -0.2) is 67.7 Å². The Bertz CT molecular complexity index is 1500. The zero-order valence-corrected chi connectivity index (χ0v) is 30.1. The number of likely N-dealkylation sites (N-methyl/N-ethyl adjacent to an activating group) is 1. The molecule has 1 aliphatic heterocycles. The molecule has 1 fully saturated rings. The quantitative estimate of drug-likeness (QED) is 0.0888. The number of likely N-dealkylation sites (tertiary alicyclic amines) is 1. The molecule has 254 valence electrons. The van der Waals surface area contributed by atoms with E-state index in [1.165, 1.54) is 12.0 Å². The topological polar surface area (TPSA) is 61.8 Å². The number of quaternary nitrogens is 2. The van der Waals surface area contributed by atoms with Crippen molar-refractivity contribution in [3.05, 3.63) is 103 Å². The van der Waals surface area contributed by atoms with E-state index in [4.69, 9.17) is 60.6 Å². The van der Waals surface area contributed by atoms with Crippen LogP contribution < -0.4 is 0 Å². The fourth-order valence-corrected chi connectivity index (χ4v) is 6.97. The summed E-state index contributed by atoms with van der Waals surface area (Å²) in [6, 6.07) is 19.7. The second-order valence-corrected chi connectivity index (χ2v) is 14.4. The van der Waals surface area contributed by atoms with Crippen LogP contribution in [0.15, 0.2) is 60.7 Å². The minimum absolute atomic E-state index is 0.103. The monoisotopic (exact) mass is 724 g/mol. The van der Waals surface area contributed by atoms with Crippen molar-refractivity contribution in [2.75, 3.05) is 46.6 Å². The van der Waals surface area contributed by atoms with Crippen molar-refractivity contribution in [1.82, 2.24) is 0 Å². The molecule has 0 saturated carbocycles. The average molecular weight is 727 g/mol. The van der Waals surface area contributed by atoms with Gasteiger partial charge >= 0.3 is 12.1 Å². The van der Waals surface area contributed by atoms with Crippen molar-refractivity contribution in [1.29, 1.82) is 0 Å². The number of aryl methyl sites for hydroxylation is 1. The molecular formula is C36H44Cl4N2O5+2. The number of esters is 1. The lowest BCUT2D eigenvalue weighted by Gasteiger charge is -2.42. The number of hydrogen-bond donors (Lipinski definition) is 0. The molecule has 3 aromatic carbocycles. The van der Waals surface area contributed by atoms with Gasteiger partial charge in [-0.1, -0.05) is 94.4 Å². The second-order valence-electron chi connectivity index (χ2n) is 12.8. The molecule has 0 amide bonds. The molecule has 11 heteroatoms. The van der Waals surface area contributed by atoms with Gasteiger partial charge in [-0.25, -0.2) is 4.79 Å². The van der Waals surface area contributed by atoms with Crippen molar-refractivity contribution < 1.29 is 32.8 Å². The number of benzene rings is 3. The predicted octanol–water partition coefficient (Wildman–Crippen LogP) is 9.39. The number of hydrogen-bond acceptors (Lipinski definition) is 5. The van der Waals surface area contributed by atoms with Crippen molar-refractivity contribution in [3.8, 4) is 0 Å². The van der Waals surface area contributed by atoms with E-state index in [9.17, 15) is 9.59 Å². The first-order valence-electron chi connectivity index (χ1n) is 16.0. The summed E-state index contributed by atoms with van der Waals surface area (Å²) in [4.78, 5) is 24.8. The number of piperidine rings is 1. The van der Waals surface area contributed by atoms with E-state index < -0.39 is 18.9 Å². The molecule has 3 aromatic rings. The molecule has 7 nitrogen and oxygen atoms in total. The first-order chi connectivity index (χ1) is 22.5. The summed E-state index contributed by atoms with van der Waals surface area (Å²) in [6.07, 6.45) is 3.54. The SMILES string of the molecule is Cc1ccc(C[N+](C)(CCOC(=O)OCOC(=O)CCC[N+]2(Cc3ccc(Cl)c(Cl)c3)CCCCC2)Cc2cccc(Cl)c2Cl)cc1. The van der Waals surface area contributed by atoms with E-state index in [0.29, 0.717) is 50.6 Å². The smallest absolute Gasteiger partial charge is 0.428 e. The van der Waals surface area contributed by atoms with Crippen LogP contribution in [0.4, 0.5) is 4.79 Å². The lowest BCUT2D eigenvalue weighted by Crippen LogP contribution is -2.51. The molecule has 1 saturated heterocycles. The Morgan fingerprint density at radius 2 is 1.53 bits per heavy atom. The van der Waals surface area contributed by atoms with Crippen LogP contribution >= 0.6 is 46.4 Å². The molecule has 1 aliphatic rings. The molecule has 0 spiro atoms.